The van der Waals surface area contributed by atoms with Gasteiger partial charge in [0, 0.05) is 5.69 Å². The lowest BCUT2D eigenvalue weighted by atomic mass is 10.1. The quantitative estimate of drug-likeness (QED) is 0.670. The summed E-state index contributed by atoms with van der Waals surface area (Å²) in [4.78, 5) is 23.9. The van der Waals surface area contributed by atoms with Gasteiger partial charge >= 0.3 is 5.97 Å². The maximum absolute atomic E-state index is 12.0. The number of nitrogens with one attached hydrogen (secondary N) is 2. The molecule has 0 unspecified atom stereocenters. The fourth-order valence-corrected chi connectivity index (χ4v) is 2.15. The third-order valence-corrected chi connectivity index (χ3v) is 3.16. The lowest BCUT2D eigenvalue weighted by molar-refractivity contribution is -0.137. The minimum absolute atomic E-state index is 0.0159. The number of benzene rings is 2. The Morgan fingerprint density at radius 1 is 1.10 bits per heavy atom. The summed E-state index contributed by atoms with van der Waals surface area (Å²) in [6.07, 6.45) is 0.0159. The van der Waals surface area contributed by atoms with Crippen molar-refractivity contribution in [1.82, 2.24) is 0 Å². The number of rotatable bonds is 3. The molecule has 0 radical (unpaired) electrons. The van der Waals surface area contributed by atoms with Crippen LogP contribution in [0.1, 0.15) is 6.42 Å². The first-order chi connectivity index (χ1) is 10.2. The van der Waals surface area contributed by atoms with E-state index in [4.69, 9.17) is 4.74 Å². The molecule has 0 bridgehead atoms. The van der Waals surface area contributed by atoms with Gasteiger partial charge in [-0.3, -0.25) is 4.79 Å². The molecule has 5 nitrogen and oxygen atoms in total. The SMILES string of the molecule is O=C(C[C@@H]1Nc2ccccc2OC1=O)Nc1ccccc1. The maximum atomic E-state index is 12.0. The highest BCUT2D eigenvalue weighted by Gasteiger charge is 2.29. The van der Waals surface area contributed by atoms with Crippen LogP contribution >= 0.6 is 0 Å². The smallest absolute Gasteiger partial charge is 0.334 e. The second-order valence-electron chi connectivity index (χ2n) is 4.73. The third kappa shape index (κ3) is 3.02. The number of amides is 1. The zero-order valence-corrected chi connectivity index (χ0v) is 11.2. The molecule has 0 saturated carbocycles. The van der Waals surface area contributed by atoms with E-state index < -0.39 is 12.0 Å². The van der Waals surface area contributed by atoms with Crippen molar-refractivity contribution < 1.29 is 14.3 Å². The van der Waals surface area contributed by atoms with E-state index in [1.165, 1.54) is 0 Å². The summed E-state index contributed by atoms with van der Waals surface area (Å²) < 4.78 is 5.21. The van der Waals surface area contributed by atoms with Crippen LogP contribution in [0.25, 0.3) is 0 Å². The molecule has 1 aliphatic rings. The summed E-state index contributed by atoms with van der Waals surface area (Å²) in [6, 6.07) is 15.6. The van der Waals surface area contributed by atoms with E-state index in [1.807, 2.05) is 30.3 Å². The van der Waals surface area contributed by atoms with Crippen molar-refractivity contribution in [2.45, 2.75) is 12.5 Å². The van der Waals surface area contributed by atoms with Gasteiger partial charge in [0.1, 0.15) is 6.04 Å². The van der Waals surface area contributed by atoms with Crippen LogP contribution in [-0.4, -0.2) is 17.9 Å². The van der Waals surface area contributed by atoms with E-state index in [2.05, 4.69) is 10.6 Å². The van der Waals surface area contributed by atoms with Crippen molar-refractivity contribution >= 4 is 23.3 Å². The first-order valence-corrected chi connectivity index (χ1v) is 6.64. The van der Waals surface area contributed by atoms with Gasteiger partial charge in [-0.05, 0) is 24.3 Å². The van der Waals surface area contributed by atoms with Crippen LogP contribution in [-0.2, 0) is 9.59 Å². The van der Waals surface area contributed by atoms with Crippen molar-refractivity contribution in [3.63, 3.8) is 0 Å². The maximum Gasteiger partial charge on any atom is 0.334 e. The molecule has 106 valence electrons. The molecular formula is C16H14N2O3. The number of carbonyl (C=O) groups is 2. The molecular weight excluding hydrogens is 268 g/mol. The highest BCUT2D eigenvalue weighted by molar-refractivity contribution is 5.97. The fraction of sp³-hybridized carbons (Fsp3) is 0.125. The van der Waals surface area contributed by atoms with Gasteiger partial charge in [-0.15, -0.1) is 0 Å². The van der Waals surface area contributed by atoms with E-state index in [0.717, 1.165) is 5.69 Å². The molecule has 1 amide bonds. The van der Waals surface area contributed by atoms with Crippen molar-refractivity contribution in [2.24, 2.45) is 0 Å². The first-order valence-electron chi connectivity index (χ1n) is 6.64. The van der Waals surface area contributed by atoms with Crippen LogP contribution in [0.2, 0.25) is 0 Å². The minimum atomic E-state index is -0.677. The van der Waals surface area contributed by atoms with Gasteiger partial charge in [0.2, 0.25) is 5.91 Å². The van der Waals surface area contributed by atoms with Crippen LogP contribution in [0.4, 0.5) is 11.4 Å². The van der Waals surface area contributed by atoms with Crippen molar-refractivity contribution in [3.8, 4) is 5.75 Å². The molecule has 0 aliphatic carbocycles. The summed E-state index contributed by atoms with van der Waals surface area (Å²) in [7, 11) is 0. The molecule has 3 rings (SSSR count). The van der Waals surface area contributed by atoms with Gasteiger partial charge in [-0.2, -0.15) is 0 Å². The number of esters is 1. The van der Waals surface area contributed by atoms with E-state index in [1.54, 1.807) is 24.3 Å². The van der Waals surface area contributed by atoms with Gasteiger partial charge in [0.05, 0.1) is 12.1 Å². The zero-order chi connectivity index (χ0) is 14.7. The van der Waals surface area contributed by atoms with E-state index >= 15 is 0 Å². The predicted octanol–water partition coefficient (Wildman–Crippen LogP) is 2.41. The summed E-state index contributed by atoms with van der Waals surface area (Å²) in [6.45, 7) is 0. The van der Waals surface area contributed by atoms with Crippen LogP contribution in [0.5, 0.6) is 5.75 Å². The number of ether oxygens (including phenoxy) is 1. The largest absolute Gasteiger partial charge is 0.423 e. The van der Waals surface area contributed by atoms with Crippen LogP contribution < -0.4 is 15.4 Å². The summed E-state index contributed by atoms with van der Waals surface area (Å²) in [5, 5.41) is 5.78. The topological polar surface area (TPSA) is 67.4 Å². The Morgan fingerprint density at radius 3 is 2.62 bits per heavy atom. The van der Waals surface area contributed by atoms with Gasteiger partial charge in [0.25, 0.3) is 0 Å². The Labute approximate surface area is 121 Å². The Kier molecular flexibility index (Phi) is 3.55. The lowest BCUT2D eigenvalue weighted by Crippen LogP contribution is -2.39. The molecule has 1 heterocycles. The molecule has 2 N–H and O–H groups in total. The third-order valence-electron chi connectivity index (χ3n) is 3.16. The molecule has 21 heavy (non-hydrogen) atoms. The fourth-order valence-electron chi connectivity index (χ4n) is 2.15. The average Bonchev–Trinajstić information content (AvgIpc) is 2.49. The van der Waals surface area contributed by atoms with Crippen molar-refractivity contribution in [2.75, 3.05) is 10.6 Å². The van der Waals surface area contributed by atoms with Crippen LogP contribution in [0.3, 0.4) is 0 Å². The van der Waals surface area contributed by atoms with Gasteiger partial charge < -0.3 is 15.4 Å². The minimum Gasteiger partial charge on any atom is -0.423 e. The second-order valence-corrected chi connectivity index (χ2v) is 4.73. The molecule has 0 spiro atoms. The molecule has 2 aromatic rings. The number of anilines is 2. The van der Waals surface area contributed by atoms with Crippen molar-refractivity contribution in [3.05, 3.63) is 54.6 Å². The summed E-state index contributed by atoms with van der Waals surface area (Å²) in [5.41, 5.74) is 1.42. The molecule has 2 aromatic carbocycles. The highest BCUT2D eigenvalue weighted by Crippen LogP contribution is 2.29. The first kappa shape index (κ1) is 13.2. The number of hydrogen-bond donors (Lipinski definition) is 2. The number of carbonyl (C=O) groups excluding carboxylic acids is 2. The van der Waals surface area contributed by atoms with Gasteiger partial charge in [-0.1, -0.05) is 30.3 Å². The summed E-state index contributed by atoms with van der Waals surface area (Å²) in [5.74, 6) is -0.200. The van der Waals surface area contributed by atoms with Crippen LogP contribution in [0, 0.1) is 0 Å². The average molecular weight is 282 g/mol. The molecule has 1 aliphatic heterocycles. The number of hydrogen-bond acceptors (Lipinski definition) is 4. The standard InChI is InChI=1S/C16H14N2O3/c19-15(17-11-6-2-1-3-7-11)10-13-16(20)21-14-9-5-4-8-12(14)18-13/h1-9,13,18H,10H2,(H,17,19)/t13-/m0/s1. The van der Waals surface area contributed by atoms with Crippen LogP contribution in [0.15, 0.2) is 54.6 Å². The monoisotopic (exact) mass is 282 g/mol. The lowest BCUT2D eigenvalue weighted by Gasteiger charge is -2.24. The molecule has 0 saturated heterocycles. The molecule has 5 heteroatoms. The molecule has 1 atom stereocenters. The van der Waals surface area contributed by atoms with Crippen molar-refractivity contribution in [1.29, 1.82) is 0 Å². The highest BCUT2D eigenvalue weighted by atomic mass is 16.5. The molecule has 0 aromatic heterocycles. The van der Waals surface area contributed by atoms with E-state index in [0.29, 0.717) is 11.4 Å². The Hall–Kier alpha value is -2.82. The van der Waals surface area contributed by atoms with E-state index in [9.17, 15) is 9.59 Å². The number of fused-ring (bicyclic) bond motifs is 1. The van der Waals surface area contributed by atoms with E-state index in [-0.39, 0.29) is 12.3 Å². The second kappa shape index (κ2) is 5.66. The zero-order valence-electron chi connectivity index (χ0n) is 11.2. The molecule has 0 fully saturated rings. The van der Waals surface area contributed by atoms with Gasteiger partial charge in [0.15, 0.2) is 5.75 Å². The summed E-state index contributed by atoms with van der Waals surface area (Å²) >= 11 is 0. The number of para-hydroxylation sites is 3. The predicted molar refractivity (Wildman–Crippen MR) is 79.2 cm³/mol. The Morgan fingerprint density at radius 2 is 1.81 bits per heavy atom. The normalized spacial score (nSPS) is 16.4. The van der Waals surface area contributed by atoms with Gasteiger partial charge in [-0.25, -0.2) is 4.79 Å². The Bertz CT molecular complexity index is 670. The Balaban J connectivity index is 1.65.